The number of hydrogen-bond acceptors (Lipinski definition) is 6. The Balaban J connectivity index is 1.77. The molecule has 0 aliphatic carbocycles. The van der Waals surface area contributed by atoms with E-state index in [1.807, 2.05) is 32.9 Å². The highest BCUT2D eigenvalue weighted by atomic mass is 32.2. The highest BCUT2D eigenvalue weighted by molar-refractivity contribution is 8.00. The smallest absolute Gasteiger partial charge is 0.223 e. The van der Waals surface area contributed by atoms with Crippen molar-refractivity contribution in [1.29, 1.82) is 0 Å². The van der Waals surface area contributed by atoms with Crippen LogP contribution >= 0.6 is 11.8 Å². The van der Waals surface area contributed by atoms with Crippen LogP contribution in [-0.4, -0.2) is 43.7 Å². The van der Waals surface area contributed by atoms with Crippen molar-refractivity contribution in [1.82, 2.24) is 20.2 Å². The Morgan fingerprint density at radius 3 is 2.68 bits per heavy atom. The van der Waals surface area contributed by atoms with Crippen LogP contribution in [0.1, 0.15) is 49.7 Å². The Labute approximate surface area is 150 Å². The van der Waals surface area contributed by atoms with Gasteiger partial charge in [-0.05, 0) is 61.4 Å². The first-order valence-corrected chi connectivity index (χ1v) is 9.16. The van der Waals surface area contributed by atoms with Gasteiger partial charge in [-0.15, -0.1) is 5.10 Å². The van der Waals surface area contributed by atoms with E-state index in [4.69, 9.17) is 0 Å². The molecule has 1 aromatic heterocycles. The number of carbonyl (C=O) groups excluding carboxylic acids is 2. The lowest BCUT2D eigenvalue weighted by atomic mass is 10.0. The van der Waals surface area contributed by atoms with Gasteiger partial charge in [-0.3, -0.25) is 9.59 Å². The monoisotopic (exact) mass is 359 g/mol. The van der Waals surface area contributed by atoms with Gasteiger partial charge in [0.2, 0.25) is 11.1 Å². The van der Waals surface area contributed by atoms with Crippen molar-refractivity contribution >= 4 is 29.1 Å². The maximum absolute atomic E-state index is 12.8. The summed E-state index contributed by atoms with van der Waals surface area (Å²) in [6, 6.07) is 5.71. The van der Waals surface area contributed by atoms with E-state index < -0.39 is 0 Å². The number of hydrogen-bond donors (Lipinski definition) is 0. The number of carbonyl (C=O) groups is 2. The lowest BCUT2D eigenvalue weighted by molar-refractivity contribution is -0.116. The zero-order valence-corrected chi connectivity index (χ0v) is 15.6. The number of thioether (sulfide) groups is 1. The van der Waals surface area contributed by atoms with Crippen molar-refractivity contribution in [2.75, 3.05) is 11.4 Å². The summed E-state index contributed by atoms with van der Waals surface area (Å²) in [5.41, 5.74) is 2.62. The summed E-state index contributed by atoms with van der Waals surface area (Å²) < 4.78 is 1.71. The van der Waals surface area contributed by atoms with E-state index in [0.29, 0.717) is 17.3 Å². The number of amides is 1. The topological polar surface area (TPSA) is 81.0 Å². The van der Waals surface area contributed by atoms with E-state index in [1.165, 1.54) is 11.8 Å². The van der Waals surface area contributed by atoms with Crippen molar-refractivity contribution < 1.29 is 9.59 Å². The second kappa shape index (κ2) is 6.95. The molecule has 25 heavy (non-hydrogen) atoms. The molecule has 0 saturated heterocycles. The maximum Gasteiger partial charge on any atom is 0.223 e. The number of benzene rings is 1. The molecule has 1 atom stereocenters. The summed E-state index contributed by atoms with van der Waals surface area (Å²) in [4.78, 5) is 26.2. The third-order valence-electron chi connectivity index (χ3n) is 4.24. The molecule has 7 nitrogen and oxygen atoms in total. The van der Waals surface area contributed by atoms with Gasteiger partial charge in [-0.1, -0.05) is 11.8 Å². The Morgan fingerprint density at radius 2 is 2.00 bits per heavy atom. The zero-order valence-electron chi connectivity index (χ0n) is 14.8. The lowest BCUT2D eigenvalue weighted by Gasteiger charge is -2.15. The molecule has 0 radical (unpaired) electrons. The number of tetrazole rings is 1. The summed E-state index contributed by atoms with van der Waals surface area (Å²) >= 11 is 1.36. The normalized spacial score (nSPS) is 14.7. The van der Waals surface area contributed by atoms with Gasteiger partial charge < -0.3 is 4.90 Å². The third kappa shape index (κ3) is 3.44. The Hall–Kier alpha value is -2.22. The minimum atomic E-state index is -0.299. The molecule has 0 N–H and O–H groups in total. The van der Waals surface area contributed by atoms with Crippen LogP contribution < -0.4 is 4.90 Å². The van der Waals surface area contributed by atoms with Gasteiger partial charge in [0, 0.05) is 24.7 Å². The first kappa shape index (κ1) is 17.6. The van der Waals surface area contributed by atoms with E-state index >= 15 is 0 Å². The number of anilines is 1. The number of nitrogens with zero attached hydrogens (tertiary/aromatic N) is 5. The van der Waals surface area contributed by atoms with Crippen molar-refractivity contribution in [3.63, 3.8) is 0 Å². The summed E-state index contributed by atoms with van der Waals surface area (Å²) in [5, 5.41) is 12.0. The van der Waals surface area contributed by atoms with Crippen LogP contribution in [0.5, 0.6) is 0 Å². The molecule has 0 fully saturated rings. The average molecular weight is 359 g/mol. The first-order chi connectivity index (χ1) is 11.9. The maximum atomic E-state index is 12.8. The quantitative estimate of drug-likeness (QED) is 0.603. The van der Waals surface area contributed by atoms with Crippen LogP contribution in [-0.2, 0) is 11.2 Å². The summed E-state index contributed by atoms with van der Waals surface area (Å²) in [5.74, 6) is 0.0645. The molecule has 3 rings (SSSR count). The zero-order chi connectivity index (χ0) is 18.1. The fourth-order valence-corrected chi connectivity index (χ4v) is 3.91. The standard InChI is InChI=1S/C17H21N5O2S/c1-10(2)22-17(18-19-20-22)25-11(3)16(24)14-5-6-15-13(9-14)7-8-21(15)12(4)23/h5-6,9-11H,7-8H2,1-4H3/t11-/m0/s1. The van der Waals surface area contributed by atoms with Crippen LogP contribution in [0, 0.1) is 0 Å². The average Bonchev–Trinajstić information content (AvgIpc) is 3.19. The van der Waals surface area contributed by atoms with E-state index in [9.17, 15) is 9.59 Å². The number of fused-ring (bicyclic) bond motifs is 1. The number of aromatic nitrogens is 4. The SMILES string of the molecule is CC(=O)N1CCc2cc(C(=O)[C@H](C)Sc3nnnn3C(C)C)ccc21. The highest BCUT2D eigenvalue weighted by Gasteiger charge is 2.25. The number of rotatable bonds is 5. The van der Waals surface area contributed by atoms with Crippen molar-refractivity contribution in [3.8, 4) is 0 Å². The predicted octanol–water partition coefficient (Wildman–Crippen LogP) is 2.53. The Kier molecular flexibility index (Phi) is 4.89. The summed E-state index contributed by atoms with van der Waals surface area (Å²) in [6.45, 7) is 8.09. The minimum absolute atomic E-state index is 0.0299. The molecule has 0 saturated carbocycles. The molecule has 2 heterocycles. The van der Waals surface area contributed by atoms with Crippen LogP contribution in [0.2, 0.25) is 0 Å². The molecular weight excluding hydrogens is 338 g/mol. The van der Waals surface area contributed by atoms with Gasteiger partial charge in [-0.2, -0.15) is 0 Å². The van der Waals surface area contributed by atoms with E-state index in [2.05, 4.69) is 15.5 Å². The van der Waals surface area contributed by atoms with Crippen molar-refractivity contribution in [2.24, 2.45) is 0 Å². The van der Waals surface area contributed by atoms with Crippen LogP contribution in [0.4, 0.5) is 5.69 Å². The second-order valence-electron chi connectivity index (χ2n) is 6.39. The van der Waals surface area contributed by atoms with Crippen LogP contribution in [0.15, 0.2) is 23.4 Å². The van der Waals surface area contributed by atoms with E-state index in [0.717, 1.165) is 17.7 Å². The van der Waals surface area contributed by atoms with Gasteiger partial charge in [-0.25, -0.2) is 4.68 Å². The molecule has 1 amide bonds. The van der Waals surface area contributed by atoms with Gasteiger partial charge in [0.05, 0.1) is 11.3 Å². The fourth-order valence-electron chi connectivity index (χ4n) is 2.92. The van der Waals surface area contributed by atoms with Gasteiger partial charge in [0.25, 0.3) is 0 Å². The fraction of sp³-hybridized carbons (Fsp3) is 0.471. The van der Waals surface area contributed by atoms with Gasteiger partial charge in [0.15, 0.2) is 5.78 Å². The molecule has 132 valence electrons. The molecule has 1 aliphatic rings. The van der Waals surface area contributed by atoms with Crippen LogP contribution in [0.3, 0.4) is 0 Å². The highest BCUT2D eigenvalue weighted by Crippen LogP contribution is 2.31. The number of ketones is 1. The van der Waals surface area contributed by atoms with Gasteiger partial charge >= 0.3 is 0 Å². The molecule has 8 heteroatoms. The number of Topliss-reactive ketones (excluding diaryl/α,β-unsaturated/α-hetero) is 1. The first-order valence-electron chi connectivity index (χ1n) is 8.28. The molecule has 0 unspecified atom stereocenters. The Bertz CT molecular complexity index is 817. The van der Waals surface area contributed by atoms with Crippen LogP contribution in [0.25, 0.3) is 0 Å². The molecular formula is C17H21N5O2S. The van der Waals surface area contributed by atoms with E-state index in [1.54, 1.807) is 22.6 Å². The minimum Gasteiger partial charge on any atom is -0.312 e. The molecule has 1 aromatic carbocycles. The third-order valence-corrected chi connectivity index (χ3v) is 5.29. The molecule has 1 aliphatic heterocycles. The molecule has 2 aromatic rings. The summed E-state index contributed by atoms with van der Waals surface area (Å²) in [7, 11) is 0. The Morgan fingerprint density at radius 1 is 1.24 bits per heavy atom. The second-order valence-corrected chi connectivity index (χ2v) is 7.70. The largest absolute Gasteiger partial charge is 0.312 e. The molecule has 0 spiro atoms. The van der Waals surface area contributed by atoms with E-state index in [-0.39, 0.29) is 23.0 Å². The summed E-state index contributed by atoms with van der Waals surface area (Å²) in [6.07, 6.45) is 0.781. The van der Waals surface area contributed by atoms with Crippen molar-refractivity contribution in [2.45, 2.75) is 50.6 Å². The van der Waals surface area contributed by atoms with Gasteiger partial charge in [0.1, 0.15) is 0 Å². The molecule has 0 bridgehead atoms. The lowest BCUT2D eigenvalue weighted by Crippen LogP contribution is -2.25. The van der Waals surface area contributed by atoms with Crippen molar-refractivity contribution in [3.05, 3.63) is 29.3 Å². The predicted molar refractivity (Wildman–Crippen MR) is 96.0 cm³/mol.